The maximum absolute atomic E-state index is 3.12. The van der Waals surface area contributed by atoms with E-state index in [1.807, 2.05) is 0 Å². The average molecular weight is 53.9 g/mol. The second-order valence-corrected chi connectivity index (χ2v) is 0.250. The first-order chi connectivity index (χ1) is 1.41. The van der Waals surface area contributed by atoms with Crippen LogP contribution in [0.1, 0.15) is 0 Å². The molecule has 0 unspecified atom stereocenters. The van der Waals surface area contributed by atoms with Gasteiger partial charge in [-0.1, -0.05) is 13.2 Å². The van der Waals surface area contributed by atoms with Crippen LogP contribution in [0.4, 0.5) is 0 Å². The van der Waals surface area contributed by atoms with Crippen LogP contribution in [0, 0.1) is 0 Å². The normalized spacial score (nSPS) is 2.00. The van der Waals surface area contributed by atoms with E-state index in [0.717, 1.165) is 0 Å². The molecule has 0 aliphatic carbocycles. The van der Waals surface area contributed by atoms with Crippen LogP contribution in [-0.4, -0.2) is 8.41 Å². The summed E-state index contributed by atoms with van der Waals surface area (Å²) in [7, 11) is 0. The molecule has 22 valence electrons. The van der Waals surface area contributed by atoms with Gasteiger partial charge in [0.15, 0.2) is 0 Å². The molecule has 0 atom stereocenters. The van der Waals surface area contributed by atoms with Crippen LogP contribution in [0.3, 0.4) is 0 Å². The maximum Gasteiger partial charge on any atom is 0.0814 e. The van der Waals surface area contributed by atoms with Crippen molar-refractivity contribution in [3.63, 3.8) is 0 Å². The van der Waals surface area contributed by atoms with E-state index in [-0.39, 0.29) is 8.41 Å². The SMILES string of the molecule is B.C=C=C. The molecule has 0 amide bonds. The van der Waals surface area contributed by atoms with E-state index in [1.54, 1.807) is 0 Å². The van der Waals surface area contributed by atoms with Crippen molar-refractivity contribution in [2.45, 2.75) is 0 Å². The quantitative estimate of drug-likeness (QED) is 0.265. The highest BCUT2D eigenvalue weighted by Gasteiger charge is 0.904. The third kappa shape index (κ3) is 3.15. The van der Waals surface area contributed by atoms with Crippen LogP contribution in [0.2, 0.25) is 0 Å². The summed E-state index contributed by atoms with van der Waals surface area (Å²) in [5.41, 5.74) is 2.25. The van der Waals surface area contributed by atoms with Gasteiger partial charge in [-0.3, -0.25) is 0 Å². The first-order valence-electron chi connectivity index (χ1n) is 0.707. The largest absolute Gasteiger partial charge is 0.137 e. The molecule has 0 aliphatic heterocycles. The summed E-state index contributed by atoms with van der Waals surface area (Å²) < 4.78 is 0. The fraction of sp³-hybridized carbons (Fsp3) is 0. The Kier molecular flexibility index (Phi) is 45.2. The first kappa shape index (κ1) is 9.54. The van der Waals surface area contributed by atoms with Crippen molar-refractivity contribution >= 4 is 8.41 Å². The lowest BCUT2D eigenvalue weighted by Gasteiger charge is -1.10. The van der Waals surface area contributed by atoms with Gasteiger partial charge in [0.25, 0.3) is 0 Å². The zero-order chi connectivity index (χ0) is 2.71. The molecule has 0 rings (SSSR count). The van der Waals surface area contributed by atoms with Gasteiger partial charge >= 0.3 is 0 Å². The Morgan fingerprint density at radius 3 is 1.25 bits per heavy atom. The van der Waals surface area contributed by atoms with Gasteiger partial charge in [0, 0.05) is 0 Å². The van der Waals surface area contributed by atoms with E-state index in [1.165, 1.54) is 0 Å². The molecule has 1 heteroatoms. The van der Waals surface area contributed by atoms with Gasteiger partial charge in [0.1, 0.15) is 0 Å². The van der Waals surface area contributed by atoms with Crippen molar-refractivity contribution in [2.75, 3.05) is 0 Å². The van der Waals surface area contributed by atoms with Gasteiger partial charge in [0.2, 0.25) is 0 Å². The summed E-state index contributed by atoms with van der Waals surface area (Å²) in [6.07, 6.45) is 0. The molecule has 0 radical (unpaired) electrons. The highest BCUT2D eigenvalue weighted by molar-refractivity contribution is 5.75. The first-order valence-corrected chi connectivity index (χ1v) is 0.707. The van der Waals surface area contributed by atoms with Crippen LogP contribution in [0.5, 0.6) is 0 Å². The molecule has 0 aliphatic rings. The van der Waals surface area contributed by atoms with Crippen LogP contribution < -0.4 is 0 Å². The fourth-order valence-corrected chi connectivity index (χ4v) is 0. The average Bonchev–Trinajstić information content (AvgIpc) is 0.918. The molecular formula is C3H7B. The maximum atomic E-state index is 3.12. The molecule has 0 aromatic rings. The molecule has 0 aromatic carbocycles. The summed E-state index contributed by atoms with van der Waals surface area (Å²) in [5.74, 6) is 0. The minimum absolute atomic E-state index is 0. The Morgan fingerprint density at radius 1 is 1.25 bits per heavy atom. The van der Waals surface area contributed by atoms with Crippen molar-refractivity contribution in [2.24, 2.45) is 0 Å². The van der Waals surface area contributed by atoms with Gasteiger partial charge in [-0.25, -0.2) is 0 Å². The zero-order valence-electron chi connectivity index (χ0n) is 1.91. The van der Waals surface area contributed by atoms with E-state index in [0.29, 0.717) is 0 Å². The number of hydrogen-bond donors (Lipinski definition) is 0. The van der Waals surface area contributed by atoms with Crippen molar-refractivity contribution in [1.29, 1.82) is 0 Å². The van der Waals surface area contributed by atoms with Gasteiger partial charge in [-0.2, -0.15) is 0 Å². The van der Waals surface area contributed by atoms with Gasteiger partial charge < -0.3 is 0 Å². The topological polar surface area (TPSA) is 0 Å². The Hall–Kier alpha value is -0.415. The summed E-state index contributed by atoms with van der Waals surface area (Å²) in [6, 6.07) is 0. The second-order valence-electron chi connectivity index (χ2n) is 0.250. The summed E-state index contributed by atoms with van der Waals surface area (Å²) in [4.78, 5) is 0. The van der Waals surface area contributed by atoms with Crippen LogP contribution >= 0.6 is 0 Å². The molecule has 4 heavy (non-hydrogen) atoms. The molecule has 0 saturated carbocycles. The molecule has 0 N–H and O–H groups in total. The Morgan fingerprint density at radius 2 is 1.25 bits per heavy atom. The zero-order valence-corrected chi connectivity index (χ0v) is 1.91. The van der Waals surface area contributed by atoms with Gasteiger partial charge in [-0.15, -0.1) is 5.73 Å². The molecule has 0 bridgehead atoms. The number of hydrogen-bond acceptors (Lipinski definition) is 0. The van der Waals surface area contributed by atoms with Crippen molar-refractivity contribution in [3.05, 3.63) is 18.9 Å². The molecule has 0 heterocycles. The molecule has 0 fully saturated rings. The Bertz CT molecular complexity index is 24.3. The third-order valence-electron chi connectivity index (χ3n) is 0. The predicted molar refractivity (Wildman–Crippen MR) is 24.7 cm³/mol. The fourth-order valence-electron chi connectivity index (χ4n) is 0. The smallest absolute Gasteiger partial charge is 0.0814 e. The van der Waals surface area contributed by atoms with E-state index in [4.69, 9.17) is 0 Å². The Balaban J connectivity index is 0. The van der Waals surface area contributed by atoms with Crippen LogP contribution in [0.15, 0.2) is 18.9 Å². The summed E-state index contributed by atoms with van der Waals surface area (Å²) >= 11 is 0. The lowest BCUT2D eigenvalue weighted by molar-refractivity contribution is 2.51. The van der Waals surface area contributed by atoms with E-state index in [2.05, 4.69) is 18.9 Å². The van der Waals surface area contributed by atoms with Crippen molar-refractivity contribution in [1.82, 2.24) is 0 Å². The van der Waals surface area contributed by atoms with E-state index < -0.39 is 0 Å². The predicted octanol–water partition coefficient (Wildman–Crippen LogP) is -0.227. The number of rotatable bonds is 0. The minimum atomic E-state index is 0. The highest BCUT2D eigenvalue weighted by Crippen LogP contribution is 1.16. The monoisotopic (exact) mass is 54.1 g/mol. The second kappa shape index (κ2) is 19.0. The van der Waals surface area contributed by atoms with Gasteiger partial charge in [-0.05, 0) is 0 Å². The molecular weight excluding hydrogens is 46.8 g/mol. The van der Waals surface area contributed by atoms with Crippen molar-refractivity contribution < 1.29 is 0 Å². The van der Waals surface area contributed by atoms with E-state index >= 15 is 0 Å². The van der Waals surface area contributed by atoms with E-state index in [9.17, 15) is 0 Å². The molecule has 0 aromatic heterocycles. The Labute approximate surface area is 28.4 Å². The minimum Gasteiger partial charge on any atom is -0.137 e. The van der Waals surface area contributed by atoms with Gasteiger partial charge in [0.05, 0.1) is 8.41 Å². The van der Waals surface area contributed by atoms with Crippen LogP contribution in [0.25, 0.3) is 0 Å². The molecule has 0 spiro atoms. The molecule has 0 nitrogen and oxygen atoms in total. The highest BCUT2D eigenvalue weighted by atomic mass is 13.0. The lowest BCUT2D eigenvalue weighted by atomic mass is 10.8. The summed E-state index contributed by atoms with van der Waals surface area (Å²) in [5, 5.41) is 0. The standard InChI is InChI=1S/C3H4.BH3/c1-3-2;/h1-2H2;1H3. The molecule has 0 saturated heterocycles. The van der Waals surface area contributed by atoms with Crippen LogP contribution in [-0.2, 0) is 0 Å². The van der Waals surface area contributed by atoms with Crippen molar-refractivity contribution in [3.8, 4) is 0 Å². The summed E-state index contributed by atoms with van der Waals surface area (Å²) in [6.45, 7) is 6.25. The third-order valence-corrected chi connectivity index (χ3v) is 0. The lowest BCUT2D eigenvalue weighted by Crippen LogP contribution is -0.844.